The molecule has 1 aromatic rings. The Morgan fingerprint density at radius 3 is 2.60 bits per heavy atom. The molecule has 1 aromatic carbocycles. The molecule has 0 saturated carbocycles. The number of anilines is 1. The number of nitrogens with two attached hydrogens (primary N) is 1. The third-order valence-corrected chi connectivity index (χ3v) is 3.59. The van der Waals surface area contributed by atoms with E-state index >= 15 is 0 Å². The predicted octanol–water partition coefficient (Wildman–Crippen LogP) is 0.112. The van der Waals surface area contributed by atoms with E-state index < -0.39 is 0 Å². The first kappa shape index (κ1) is 14.8. The fourth-order valence-corrected chi connectivity index (χ4v) is 2.43. The Labute approximate surface area is 119 Å². The van der Waals surface area contributed by atoms with Crippen LogP contribution in [0.5, 0.6) is 0 Å². The van der Waals surface area contributed by atoms with Crippen LogP contribution in [-0.2, 0) is 0 Å². The summed E-state index contributed by atoms with van der Waals surface area (Å²) in [6.07, 6.45) is 0.939. The van der Waals surface area contributed by atoms with Crippen LogP contribution in [0, 0.1) is 0 Å². The Morgan fingerprint density at radius 1 is 1.20 bits per heavy atom. The van der Waals surface area contributed by atoms with Crippen molar-refractivity contribution >= 4 is 11.6 Å². The number of nitrogens with one attached hydrogen (secondary N) is 1. The number of hydrogen-bond acceptors (Lipinski definition) is 5. The maximum atomic E-state index is 12.4. The van der Waals surface area contributed by atoms with Crippen LogP contribution < -0.4 is 11.3 Å². The zero-order valence-corrected chi connectivity index (χ0v) is 11.6. The lowest BCUT2D eigenvalue weighted by Gasteiger charge is -2.21. The van der Waals surface area contributed by atoms with Crippen molar-refractivity contribution < 1.29 is 9.90 Å². The van der Waals surface area contributed by atoms with E-state index in [0.717, 1.165) is 31.7 Å². The first-order valence-electron chi connectivity index (χ1n) is 6.94. The van der Waals surface area contributed by atoms with Gasteiger partial charge in [0.05, 0.1) is 6.61 Å². The van der Waals surface area contributed by atoms with Crippen molar-refractivity contribution in [3.63, 3.8) is 0 Å². The second-order valence-corrected chi connectivity index (χ2v) is 4.93. The normalized spacial score (nSPS) is 16.8. The lowest BCUT2D eigenvalue weighted by molar-refractivity contribution is 0.0760. The van der Waals surface area contributed by atoms with E-state index in [0.29, 0.717) is 18.7 Å². The van der Waals surface area contributed by atoms with Gasteiger partial charge in [0.25, 0.3) is 5.91 Å². The van der Waals surface area contributed by atoms with Gasteiger partial charge in [-0.15, -0.1) is 0 Å². The highest BCUT2D eigenvalue weighted by Crippen LogP contribution is 2.12. The predicted molar refractivity (Wildman–Crippen MR) is 78.3 cm³/mol. The minimum absolute atomic E-state index is 0.0550. The van der Waals surface area contributed by atoms with Gasteiger partial charge < -0.3 is 15.4 Å². The minimum Gasteiger partial charge on any atom is -0.395 e. The number of hydrogen-bond donors (Lipinski definition) is 3. The van der Waals surface area contributed by atoms with Gasteiger partial charge in [-0.25, -0.2) is 0 Å². The summed E-state index contributed by atoms with van der Waals surface area (Å²) < 4.78 is 0. The minimum atomic E-state index is 0.0550. The summed E-state index contributed by atoms with van der Waals surface area (Å²) in [5.41, 5.74) is 4.01. The molecule has 4 N–H and O–H groups in total. The summed E-state index contributed by atoms with van der Waals surface area (Å²) in [5.74, 6) is 5.37. The van der Waals surface area contributed by atoms with Crippen LogP contribution in [0.15, 0.2) is 24.3 Å². The van der Waals surface area contributed by atoms with Crippen molar-refractivity contribution in [1.82, 2.24) is 9.80 Å². The van der Waals surface area contributed by atoms with Gasteiger partial charge in [-0.3, -0.25) is 15.5 Å². The lowest BCUT2D eigenvalue weighted by Crippen LogP contribution is -2.35. The van der Waals surface area contributed by atoms with Crippen LogP contribution in [0.1, 0.15) is 16.8 Å². The van der Waals surface area contributed by atoms with Crippen molar-refractivity contribution in [3.8, 4) is 0 Å². The summed E-state index contributed by atoms with van der Waals surface area (Å²) in [4.78, 5) is 16.5. The van der Waals surface area contributed by atoms with Crippen LogP contribution in [0.4, 0.5) is 5.69 Å². The summed E-state index contributed by atoms with van der Waals surface area (Å²) in [6, 6.07) is 7.16. The van der Waals surface area contributed by atoms with Gasteiger partial charge in [0.15, 0.2) is 0 Å². The molecule has 0 aromatic heterocycles. The Morgan fingerprint density at radius 2 is 1.95 bits per heavy atom. The third-order valence-electron chi connectivity index (χ3n) is 3.59. The molecule has 1 fully saturated rings. The standard InChI is InChI=1S/C14H22N4O2/c15-16-13-4-2-12(3-5-13)14(20)18-7-1-6-17(8-9-18)10-11-19/h2-5,16,19H,1,6-11,15H2. The number of aliphatic hydroxyl groups is 1. The second-order valence-electron chi connectivity index (χ2n) is 4.93. The Balaban J connectivity index is 1.97. The average Bonchev–Trinajstić information content (AvgIpc) is 2.73. The molecule has 2 rings (SSSR count). The van der Waals surface area contributed by atoms with Gasteiger partial charge in [0.1, 0.15) is 0 Å². The third kappa shape index (κ3) is 3.69. The molecule has 110 valence electrons. The number of hydrazine groups is 1. The molecule has 20 heavy (non-hydrogen) atoms. The topological polar surface area (TPSA) is 81.8 Å². The van der Waals surface area contributed by atoms with Crippen LogP contribution in [-0.4, -0.2) is 60.1 Å². The highest BCUT2D eigenvalue weighted by atomic mass is 16.3. The van der Waals surface area contributed by atoms with E-state index in [1.165, 1.54) is 0 Å². The van der Waals surface area contributed by atoms with E-state index in [1.54, 1.807) is 24.3 Å². The van der Waals surface area contributed by atoms with Crippen molar-refractivity contribution in [2.45, 2.75) is 6.42 Å². The van der Waals surface area contributed by atoms with Crippen molar-refractivity contribution in [1.29, 1.82) is 0 Å². The van der Waals surface area contributed by atoms with E-state index in [9.17, 15) is 4.79 Å². The SMILES string of the molecule is NNc1ccc(C(=O)N2CCCN(CCO)CC2)cc1. The molecule has 1 aliphatic heterocycles. The molecule has 0 unspecified atom stereocenters. The van der Waals surface area contributed by atoms with Gasteiger partial charge in [-0.2, -0.15) is 0 Å². The van der Waals surface area contributed by atoms with E-state index in [4.69, 9.17) is 10.9 Å². The largest absolute Gasteiger partial charge is 0.395 e. The first-order valence-corrected chi connectivity index (χ1v) is 6.94. The maximum absolute atomic E-state index is 12.4. The average molecular weight is 278 g/mol. The molecule has 0 aliphatic carbocycles. The molecular formula is C14H22N4O2. The molecule has 0 atom stereocenters. The van der Waals surface area contributed by atoms with Gasteiger partial charge in [0, 0.05) is 37.4 Å². The van der Waals surface area contributed by atoms with Gasteiger partial charge >= 0.3 is 0 Å². The van der Waals surface area contributed by atoms with E-state index in [2.05, 4.69) is 10.3 Å². The molecule has 1 aliphatic rings. The number of carbonyl (C=O) groups is 1. The molecule has 6 heteroatoms. The van der Waals surface area contributed by atoms with Gasteiger partial charge in [-0.05, 0) is 37.2 Å². The summed E-state index contributed by atoms with van der Waals surface area (Å²) in [5, 5.41) is 8.97. The van der Waals surface area contributed by atoms with Crippen LogP contribution in [0.2, 0.25) is 0 Å². The number of amides is 1. The quantitative estimate of drug-likeness (QED) is 0.538. The van der Waals surface area contributed by atoms with Crippen LogP contribution in [0.25, 0.3) is 0 Å². The second kappa shape index (κ2) is 7.23. The highest BCUT2D eigenvalue weighted by Gasteiger charge is 2.19. The van der Waals surface area contributed by atoms with Crippen LogP contribution >= 0.6 is 0 Å². The summed E-state index contributed by atoms with van der Waals surface area (Å²) in [7, 11) is 0. The molecule has 0 spiro atoms. The van der Waals surface area contributed by atoms with Gasteiger partial charge in [0.2, 0.25) is 0 Å². The number of nitrogen functional groups attached to an aromatic ring is 1. The lowest BCUT2D eigenvalue weighted by atomic mass is 10.2. The van der Waals surface area contributed by atoms with E-state index in [-0.39, 0.29) is 12.5 Å². The molecule has 0 bridgehead atoms. The number of rotatable bonds is 4. The number of nitrogens with zero attached hydrogens (tertiary/aromatic N) is 2. The van der Waals surface area contributed by atoms with E-state index in [1.807, 2.05) is 4.90 Å². The Bertz CT molecular complexity index is 435. The Hall–Kier alpha value is -1.63. The number of aliphatic hydroxyl groups excluding tert-OH is 1. The van der Waals surface area contributed by atoms with Crippen LogP contribution in [0.3, 0.4) is 0 Å². The van der Waals surface area contributed by atoms with Crippen molar-refractivity contribution in [2.75, 3.05) is 44.8 Å². The maximum Gasteiger partial charge on any atom is 0.253 e. The number of carbonyl (C=O) groups excluding carboxylic acids is 1. The first-order chi connectivity index (χ1) is 9.74. The molecule has 0 radical (unpaired) electrons. The molecule has 1 amide bonds. The van der Waals surface area contributed by atoms with Crippen molar-refractivity contribution in [3.05, 3.63) is 29.8 Å². The smallest absolute Gasteiger partial charge is 0.253 e. The fourth-order valence-electron chi connectivity index (χ4n) is 2.43. The molecule has 1 saturated heterocycles. The number of β-amino-alcohol motifs (C(OH)–C–C–N with tert-alkyl or cyclic N) is 1. The zero-order valence-electron chi connectivity index (χ0n) is 11.6. The van der Waals surface area contributed by atoms with Crippen molar-refractivity contribution in [2.24, 2.45) is 5.84 Å². The Kier molecular flexibility index (Phi) is 5.34. The molecular weight excluding hydrogens is 256 g/mol. The monoisotopic (exact) mass is 278 g/mol. The summed E-state index contributed by atoms with van der Waals surface area (Å²) >= 11 is 0. The highest BCUT2D eigenvalue weighted by molar-refractivity contribution is 5.94. The van der Waals surface area contributed by atoms with Gasteiger partial charge in [-0.1, -0.05) is 0 Å². The fraction of sp³-hybridized carbons (Fsp3) is 0.500. The zero-order chi connectivity index (χ0) is 14.4. The summed E-state index contributed by atoms with van der Waals surface area (Å²) in [6.45, 7) is 4.06. The molecule has 1 heterocycles. The number of benzene rings is 1. The molecule has 6 nitrogen and oxygen atoms in total.